The van der Waals surface area contributed by atoms with Crippen LogP contribution in [-0.4, -0.2) is 38.1 Å². The van der Waals surface area contributed by atoms with Crippen LogP contribution in [0, 0.1) is 11.8 Å². The number of ether oxygens (including phenoxy) is 1. The number of hydrogen-bond acceptors (Lipinski definition) is 5. The summed E-state index contributed by atoms with van der Waals surface area (Å²) in [7, 11) is 5.08. The van der Waals surface area contributed by atoms with E-state index in [1.54, 1.807) is 26.1 Å². The predicted octanol–water partition coefficient (Wildman–Crippen LogP) is 2.64. The first-order chi connectivity index (χ1) is 10.0. The topological polar surface area (TPSA) is 67.6 Å². The zero-order chi connectivity index (χ0) is 15.1. The van der Waals surface area contributed by atoms with Crippen LogP contribution in [0.15, 0.2) is 0 Å². The molecule has 0 saturated heterocycles. The van der Waals surface area contributed by atoms with Gasteiger partial charge >= 0.3 is 0 Å². The van der Waals surface area contributed by atoms with E-state index in [2.05, 4.69) is 5.32 Å². The van der Waals surface area contributed by atoms with Crippen molar-refractivity contribution >= 4 is 27.9 Å². The van der Waals surface area contributed by atoms with E-state index in [9.17, 15) is 4.79 Å². The SMILES string of the molecule is COc1c(NC(C2CC2)C2CC2)sc(C(=O)N(C)C)c1N. The van der Waals surface area contributed by atoms with Crippen LogP contribution in [0.4, 0.5) is 10.7 Å². The molecule has 5 nitrogen and oxygen atoms in total. The number of amides is 1. The molecule has 1 aromatic rings. The third-order valence-corrected chi connectivity index (χ3v) is 5.37. The molecule has 0 bridgehead atoms. The van der Waals surface area contributed by atoms with Crippen molar-refractivity contribution in [3.05, 3.63) is 4.88 Å². The number of nitrogens with zero attached hydrogens (tertiary/aromatic N) is 1. The van der Waals surface area contributed by atoms with Gasteiger partial charge in [-0.3, -0.25) is 4.79 Å². The van der Waals surface area contributed by atoms with Gasteiger partial charge < -0.3 is 20.7 Å². The lowest BCUT2D eigenvalue weighted by atomic mass is 10.1. The maximum absolute atomic E-state index is 12.2. The summed E-state index contributed by atoms with van der Waals surface area (Å²) >= 11 is 1.41. The van der Waals surface area contributed by atoms with Gasteiger partial charge in [0, 0.05) is 20.1 Å². The molecule has 2 fully saturated rings. The van der Waals surface area contributed by atoms with Crippen molar-refractivity contribution in [2.24, 2.45) is 11.8 Å². The van der Waals surface area contributed by atoms with Gasteiger partial charge in [-0.15, -0.1) is 11.3 Å². The minimum atomic E-state index is -0.0711. The quantitative estimate of drug-likeness (QED) is 0.847. The molecule has 6 heteroatoms. The molecule has 1 heterocycles. The van der Waals surface area contributed by atoms with Crippen LogP contribution in [0.2, 0.25) is 0 Å². The van der Waals surface area contributed by atoms with E-state index in [4.69, 9.17) is 10.5 Å². The van der Waals surface area contributed by atoms with E-state index in [0.717, 1.165) is 16.8 Å². The number of anilines is 2. The molecule has 2 aliphatic rings. The van der Waals surface area contributed by atoms with Crippen molar-refractivity contribution in [3.63, 3.8) is 0 Å². The second-order valence-corrected chi connectivity index (χ2v) is 7.27. The Kier molecular flexibility index (Phi) is 3.73. The van der Waals surface area contributed by atoms with Crippen molar-refractivity contribution in [1.29, 1.82) is 0 Å². The van der Waals surface area contributed by atoms with Gasteiger partial charge in [0.05, 0.1) is 7.11 Å². The summed E-state index contributed by atoms with van der Waals surface area (Å²) in [6, 6.07) is 0.513. The van der Waals surface area contributed by atoms with Crippen LogP contribution in [0.5, 0.6) is 5.75 Å². The van der Waals surface area contributed by atoms with Crippen LogP contribution in [0.1, 0.15) is 35.4 Å². The largest absolute Gasteiger partial charge is 0.492 e. The Labute approximate surface area is 129 Å². The maximum atomic E-state index is 12.2. The Morgan fingerprint density at radius 3 is 2.33 bits per heavy atom. The summed E-state index contributed by atoms with van der Waals surface area (Å²) in [5.74, 6) is 2.10. The van der Waals surface area contributed by atoms with Crippen LogP contribution < -0.4 is 15.8 Å². The third-order valence-electron chi connectivity index (χ3n) is 4.26. The summed E-state index contributed by atoms with van der Waals surface area (Å²) < 4.78 is 5.44. The molecule has 0 aromatic carbocycles. The molecule has 0 atom stereocenters. The van der Waals surface area contributed by atoms with Gasteiger partial charge in [0.15, 0.2) is 5.75 Å². The summed E-state index contributed by atoms with van der Waals surface area (Å²) in [4.78, 5) is 14.3. The molecule has 116 valence electrons. The number of hydrogen-bond donors (Lipinski definition) is 2. The van der Waals surface area contributed by atoms with Gasteiger partial charge in [-0.05, 0) is 37.5 Å². The van der Waals surface area contributed by atoms with Gasteiger partial charge in [0.2, 0.25) is 0 Å². The number of methoxy groups -OCH3 is 1. The molecule has 1 aromatic heterocycles. The highest BCUT2D eigenvalue weighted by atomic mass is 32.1. The van der Waals surface area contributed by atoms with E-state index in [0.29, 0.717) is 22.4 Å². The first-order valence-corrected chi connectivity index (χ1v) is 8.29. The standard InChI is InChI=1S/C15H23N3O2S/c1-18(2)15(19)13-10(16)12(20-3)14(21-13)17-11(8-4-5-8)9-6-7-9/h8-9,11,17H,4-7,16H2,1-3H3. The monoisotopic (exact) mass is 309 g/mol. The molecular formula is C15H23N3O2S. The summed E-state index contributed by atoms with van der Waals surface area (Å²) in [6.07, 6.45) is 5.23. The molecule has 0 unspecified atom stereocenters. The van der Waals surface area contributed by atoms with Gasteiger partial charge in [0.1, 0.15) is 15.6 Å². The van der Waals surface area contributed by atoms with E-state index < -0.39 is 0 Å². The second-order valence-electron chi connectivity index (χ2n) is 6.25. The molecule has 0 aliphatic heterocycles. The highest BCUT2D eigenvalue weighted by molar-refractivity contribution is 7.19. The molecule has 3 N–H and O–H groups in total. The van der Waals surface area contributed by atoms with E-state index >= 15 is 0 Å². The van der Waals surface area contributed by atoms with Gasteiger partial charge in [-0.1, -0.05) is 0 Å². The number of thiophene rings is 1. The maximum Gasteiger partial charge on any atom is 0.265 e. The van der Waals surface area contributed by atoms with Crippen molar-refractivity contribution in [2.45, 2.75) is 31.7 Å². The Balaban J connectivity index is 1.86. The molecule has 3 rings (SSSR count). The minimum Gasteiger partial charge on any atom is -0.492 e. The van der Waals surface area contributed by atoms with Gasteiger partial charge in [-0.25, -0.2) is 0 Å². The van der Waals surface area contributed by atoms with Crippen LogP contribution in [0.25, 0.3) is 0 Å². The van der Waals surface area contributed by atoms with E-state index in [1.165, 1.54) is 37.0 Å². The number of nitrogens with two attached hydrogens (primary N) is 1. The predicted molar refractivity (Wildman–Crippen MR) is 86.2 cm³/mol. The Morgan fingerprint density at radius 2 is 1.90 bits per heavy atom. The first-order valence-electron chi connectivity index (χ1n) is 7.47. The number of rotatable bonds is 6. The number of nitrogen functional groups attached to an aromatic ring is 1. The zero-order valence-corrected chi connectivity index (χ0v) is 13.6. The summed E-state index contributed by atoms with van der Waals surface area (Å²) in [6.45, 7) is 0. The average molecular weight is 309 g/mol. The average Bonchev–Trinajstić information content (AvgIpc) is 3.34. The molecule has 2 saturated carbocycles. The third kappa shape index (κ3) is 2.81. The molecule has 0 spiro atoms. The van der Waals surface area contributed by atoms with E-state index in [1.807, 2.05) is 0 Å². The fourth-order valence-electron chi connectivity index (χ4n) is 2.77. The van der Waals surface area contributed by atoms with Crippen molar-refractivity contribution in [3.8, 4) is 5.75 Å². The lowest BCUT2D eigenvalue weighted by Crippen LogP contribution is -2.23. The van der Waals surface area contributed by atoms with Crippen LogP contribution in [0.3, 0.4) is 0 Å². The zero-order valence-electron chi connectivity index (χ0n) is 12.8. The van der Waals surface area contributed by atoms with Crippen molar-refractivity contribution in [1.82, 2.24) is 4.90 Å². The van der Waals surface area contributed by atoms with Crippen molar-refractivity contribution in [2.75, 3.05) is 32.3 Å². The van der Waals surface area contributed by atoms with Gasteiger partial charge in [0.25, 0.3) is 5.91 Å². The minimum absolute atomic E-state index is 0.0711. The van der Waals surface area contributed by atoms with Gasteiger partial charge in [-0.2, -0.15) is 0 Å². The smallest absolute Gasteiger partial charge is 0.265 e. The fourth-order valence-corrected chi connectivity index (χ4v) is 3.93. The van der Waals surface area contributed by atoms with E-state index in [-0.39, 0.29) is 5.91 Å². The fraction of sp³-hybridized carbons (Fsp3) is 0.667. The van der Waals surface area contributed by atoms with Crippen LogP contribution >= 0.6 is 11.3 Å². The molecule has 1 amide bonds. The summed E-state index contributed by atoms with van der Waals surface area (Å²) in [5.41, 5.74) is 6.56. The molecule has 0 radical (unpaired) electrons. The lowest BCUT2D eigenvalue weighted by molar-refractivity contribution is 0.0833. The lowest BCUT2D eigenvalue weighted by Gasteiger charge is -2.18. The summed E-state index contributed by atoms with van der Waals surface area (Å²) in [5, 5.41) is 4.53. The molecule has 2 aliphatic carbocycles. The normalized spacial score (nSPS) is 17.9. The molecular weight excluding hydrogens is 286 g/mol. The Morgan fingerprint density at radius 1 is 1.33 bits per heavy atom. The highest BCUT2D eigenvalue weighted by Gasteiger charge is 2.42. The molecule has 21 heavy (non-hydrogen) atoms. The highest BCUT2D eigenvalue weighted by Crippen LogP contribution is 2.49. The number of carbonyl (C=O) groups excluding carboxylic acids is 1. The van der Waals surface area contributed by atoms with Crippen molar-refractivity contribution < 1.29 is 9.53 Å². The Hall–Kier alpha value is -1.43. The number of carbonyl (C=O) groups is 1. The number of nitrogens with one attached hydrogen (secondary N) is 1. The first kappa shape index (κ1) is 14.5. The Bertz CT molecular complexity index is 535. The van der Waals surface area contributed by atoms with Crippen LogP contribution in [-0.2, 0) is 0 Å². The second kappa shape index (κ2) is 5.40.